The van der Waals surface area contributed by atoms with Crippen LogP contribution in [0.1, 0.15) is 94.1 Å². The largest absolute Gasteiger partial charge is 0.462 e. The first-order valence-electron chi connectivity index (χ1n) is 17.4. The summed E-state index contributed by atoms with van der Waals surface area (Å²) in [6.07, 6.45) is 4.10. The molecule has 2 aromatic heterocycles. The van der Waals surface area contributed by atoms with Crippen LogP contribution in [0.5, 0.6) is 0 Å². The molecule has 0 spiro atoms. The van der Waals surface area contributed by atoms with Crippen LogP contribution in [-0.2, 0) is 13.9 Å². The van der Waals surface area contributed by atoms with Crippen molar-refractivity contribution in [2.45, 2.75) is 91.5 Å². The van der Waals surface area contributed by atoms with E-state index < -0.39 is 42.7 Å². The highest BCUT2D eigenvalue weighted by molar-refractivity contribution is 14.1. The summed E-state index contributed by atoms with van der Waals surface area (Å²) in [5.41, 5.74) is -0.303. The van der Waals surface area contributed by atoms with E-state index in [-0.39, 0.29) is 57.0 Å². The third-order valence-electron chi connectivity index (χ3n) is 9.52. The molecular formula is C38H48F2I2N2O8Si. The van der Waals surface area contributed by atoms with Crippen LogP contribution >= 0.6 is 45.2 Å². The predicted octanol–water partition coefficient (Wildman–Crippen LogP) is 8.76. The van der Waals surface area contributed by atoms with Gasteiger partial charge in [0.25, 0.3) is 0 Å². The summed E-state index contributed by atoms with van der Waals surface area (Å²) in [5.74, 6) is -2.25. The zero-order valence-corrected chi connectivity index (χ0v) is 36.9. The molecule has 1 N–H and O–H groups in total. The van der Waals surface area contributed by atoms with Gasteiger partial charge in [0.1, 0.15) is 22.8 Å². The molecule has 0 bridgehead atoms. The second kappa shape index (κ2) is 18.7. The minimum atomic E-state index is -2.01. The zero-order valence-electron chi connectivity index (χ0n) is 31.6. The maximum atomic E-state index is 14.4. The van der Waals surface area contributed by atoms with Crippen LogP contribution in [0.2, 0.25) is 18.1 Å². The van der Waals surface area contributed by atoms with E-state index >= 15 is 0 Å². The maximum absolute atomic E-state index is 14.4. The van der Waals surface area contributed by atoms with Crippen molar-refractivity contribution in [3.63, 3.8) is 0 Å². The molecule has 2 aromatic carbocycles. The summed E-state index contributed by atoms with van der Waals surface area (Å²) < 4.78 is 48.7. The number of carbonyl (C=O) groups is 2. The van der Waals surface area contributed by atoms with Gasteiger partial charge in [-0.3, -0.25) is 9.59 Å². The van der Waals surface area contributed by atoms with Crippen molar-refractivity contribution in [3.05, 3.63) is 87.0 Å². The summed E-state index contributed by atoms with van der Waals surface area (Å²) >= 11 is 3.64. The molecule has 4 rings (SSSR count). The van der Waals surface area contributed by atoms with Crippen LogP contribution in [0.25, 0.3) is 21.8 Å². The number of hydrogen-bond donors (Lipinski definition) is 1. The Balaban J connectivity index is 0.000000295. The molecule has 0 saturated carbocycles. The van der Waals surface area contributed by atoms with E-state index in [9.17, 15) is 33.1 Å². The van der Waals surface area contributed by atoms with E-state index in [0.717, 1.165) is 0 Å². The van der Waals surface area contributed by atoms with Crippen molar-refractivity contribution >= 4 is 87.2 Å². The zero-order chi connectivity index (χ0) is 40.0. The number of carbonyl (C=O) groups excluding carboxylic acids is 2. The Morgan fingerprint density at radius 2 is 1.17 bits per heavy atom. The average Bonchev–Trinajstić information content (AvgIpc) is 3.09. The van der Waals surface area contributed by atoms with Gasteiger partial charge in [0.15, 0.2) is 8.32 Å². The third kappa shape index (κ3) is 10.1. The fourth-order valence-corrected chi connectivity index (χ4v) is 7.31. The van der Waals surface area contributed by atoms with E-state index in [1.165, 1.54) is 36.7 Å². The minimum absolute atomic E-state index is 0.0439. The predicted molar refractivity (Wildman–Crippen MR) is 223 cm³/mol. The molecule has 4 aromatic rings. The number of nitrogens with zero attached hydrogens (tertiary/aromatic N) is 2. The highest BCUT2D eigenvalue weighted by Gasteiger charge is 2.37. The van der Waals surface area contributed by atoms with E-state index in [1.54, 1.807) is 45.6 Å². The average molecular weight is 981 g/mol. The van der Waals surface area contributed by atoms with E-state index in [4.69, 9.17) is 13.9 Å². The van der Waals surface area contributed by atoms with Crippen LogP contribution in [-0.4, -0.2) is 60.9 Å². The number of ether oxygens (including phenoxy) is 2. The molecule has 0 saturated heterocycles. The molecule has 2 heterocycles. The van der Waals surface area contributed by atoms with Crippen molar-refractivity contribution in [2.75, 3.05) is 26.4 Å². The van der Waals surface area contributed by atoms with Gasteiger partial charge in [-0.2, -0.15) is 0 Å². The molecule has 2 atom stereocenters. The number of hydrogen-bond acceptors (Lipinski definition) is 8. The number of rotatable bonds is 12. The molecular weight excluding hydrogens is 932 g/mol. The van der Waals surface area contributed by atoms with Gasteiger partial charge in [-0.25, -0.2) is 18.4 Å². The molecule has 53 heavy (non-hydrogen) atoms. The lowest BCUT2D eigenvalue weighted by Crippen LogP contribution is -2.42. The summed E-state index contributed by atoms with van der Waals surface area (Å²) in [4.78, 5) is 50.0. The molecule has 0 aliphatic rings. The first kappa shape index (κ1) is 44.7. The summed E-state index contributed by atoms with van der Waals surface area (Å²) in [6.45, 7) is 18.6. The first-order chi connectivity index (χ1) is 24.8. The van der Waals surface area contributed by atoms with Crippen molar-refractivity contribution in [1.29, 1.82) is 0 Å². The highest BCUT2D eigenvalue weighted by Crippen LogP contribution is 2.37. The van der Waals surface area contributed by atoms with Crippen molar-refractivity contribution < 1.29 is 37.4 Å². The first-order valence-corrected chi connectivity index (χ1v) is 22.5. The minimum Gasteiger partial charge on any atom is -0.462 e. The normalized spacial score (nSPS) is 13.0. The summed E-state index contributed by atoms with van der Waals surface area (Å²) in [5, 5.41) is 10.1. The van der Waals surface area contributed by atoms with Crippen LogP contribution in [0.4, 0.5) is 8.78 Å². The number of benzene rings is 2. The lowest BCUT2D eigenvalue weighted by atomic mass is 10.1. The van der Waals surface area contributed by atoms with Gasteiger partial charge < -0.3 is 28.1 Å². The van der Waals surface area contributed by atoms with Crippen molar-refractivity contribution in [1.82, 2.24) is 9.13 Å². The number of esters is 2. The van der Waals surface area contributed by atoms with Crippen molar-refractivity contribution in [3.8, 4) is 0 Å². The summed E-state index contributed by atoms with van der Waals surface area (Å²) in [6, 6.07) is 5.00. The number of halogens is 4. The molecule has 15 heteroatoms. The van der Waals surface area contributed by atoms with Crippen molar-refractivity contribution in [2.24, 2.45) is 0 Å². The van der Waals surface area contributed by atoms with Gasteiger partial charge in [0, 0.05) is 30.3 Å². The van der Waals surface area contributed by atoms with E-state index in [0.29, 0.717) is 39.4 Å². The monoisotopic (exact) mass is 980 g/mol. The second-order valence-corrected chi connectivity index (χ2v) is 21.1. The topological polar surface area (TPSA) is 126 Å². The van der Waals surface area contributed by atoms with Gasteiger partial charge in [-0.1, -0.05) is 34.6 Å². The summed E-state index contributed by atoms with van der Waals surface area (Å²) in [7, 11) is -2.01. The molecule has 0 aliphatic heterocycles. The van der Waals surface area contributed by atoms with Gasteiger partial charge >= 0.3 is 11.9 Å². The fraction of sp³-hybridized carbons (Fsp3) is 0.474. The number of aliphatic hydroxyl groups excluding tert-OH is 1. The lowest BCUT2D eigenvalue weighted by molar-refractivity contribution is 0.0514. The molecule has 0 amide bonds. The molecule has 290 valence electrons. The van der Waals surface area contributed by atoms with Gasteiger partial charge in [0.05, 0.1) is 49.5 Å². The molecule has 0 unspecified atom stereocenters. The Labute approximate surface area is 336 Å². The quantitative estimate of drug-likeness (QED) is 0.0849. The van der Waals surface area contributed by atoms with Crippen LogP contribution in [0, 0.1) is 18.8 Å². The Hall–Kier alpha value is -2.74. The van der Waals surface area contributed by atoms with Gasteiger partial charge in [-0.15, -0.1) is 0 Å². The smallest absolute Gasteiger partial charge is 0.343 e. The SMILES string of the molecule is CCOC(=O)c1cn([C@@H](CC)CO)c2cc(F)c(I)cc2c1=O.CCOC(=O)c1cn([C@@H](CC)CO[Si](C)(C)C(C)(C)C)c2cc(F)c(I)cc2c1=O. The Morgan fingerprint density at radius 1 is 0.774 bits per heavy atom. The Morgan fingerprint density at radius 3 is 1.51 bits per heavy atom. The van der Waals surface area contributed by atoms with Crippen LogP contribution in [0.3, 0.4) is 0 Å². The molecule has 0 fully saturated rings. The van der Waals surface area contributed by atoms with Gasteiger partial charge in [-0.05, 0) is 114 Å². The Bertz CT molecular complexity index is 2090. The van der Waals surface area contributed by atoms with Crippen LogP contribution in [0.15, 0.2) is 46.2 Å². The molecule has 0 aliphatic carbocycles. The highest BCUT2D eigenvalue weighted by atomic mass is 127. The second-order valence-electron chi connectivity index (χ2n) is 13.9. The molecule has 0 radical (unpaired) electrons. The Kier molecular flexibility index (Phi) is 15.8. The maximum Gasteiger partial charge on any atom is 0.343 e. The fourth-order valence-electron chi connectivity index (χ4n) is 5.33. The third-order valence-corrected chi connectivity index (χ3v) is 15.7. The number of aromatic nitrogens is 2. The van der Waals surface area contributed by atoms with Gasteiger partial charge in [0.2, 0.25) is 10.9 Å². The van der Waals surface area contributed by atoms with E-state index in [2.05, 4.69) is 33.9 Å². The molecule has 10 nitrogen and oxygen atoms in total. The van der Waals surface area contributed by atoms with E-state index in [1.807, 2.05) is 36.4 Å². The number of aliphatic hydroxyl groups is 1. The number of pyridine rings is 2. The van der Waals surface area contributed by atoms with Crippen LogP contribution < -0.4 is 10.9 Å². The standard InChI is InChI=1S/C22H31FINO4Si.C16H17FINO4/c1-8-14(13-29-30(6,7)22(3,4)5)25-12-16(21(27)28-9-2)20(26)15-10-18(24)17(23)11-19(15)25;1-3-9(8-20)19-7-11(16(22)23-4-2)15(21)10-5-13(18)12(17)6-14(10)19/h10-12,14H,8-9,13H2,1-7H3;5-7,9,20H,3-4,8H2,1-2H3/t14-;9-/m00/s1. The lowest BCUT2D eigenvalue weighted by Gasteiger charge is -2.37. The number of fused-ring (bicyclic) bond motifs is 2.